The largest absolute Gasteiger partial charge is 0.481 e. The van der Waals surface area contributed by atoms with E-state index in [0.29, 0.717) is 23.7 Å². The molecule has 1 aromatic rings. The number of nitrogens with zero attached hydrogens (tertiary/aromatic N) is 3. The van der Waals surface area contributed by atoms with Gasteiger partial charge in [0.15, 0.2) is 5.82 Å². The Balaban J connectivity index is 2.01. The van der Waals surface area contributed by atoms with E-state index < -0.39 is 5.97 Å². The normalized spacial score (nSPS) is 17.5. The molecular formula is C23H40N4O4. The van der Waals surface area contributed by atoms with Crippen LogP contribution in [0, 0.1) is 10.8 Å². The predicted octanol–water partition coefficient (Wildman–Crippen LogP) is 3.97. The molecular weight excluding hydrogens is 396 g/mol. The van der Waals surface area contributed by atoms with E-state index in [1.54, 1.807) is 19.0 Å². The summed E-state index contributed by atoms with van der Waals surface area (Å²) < 4.78 is 5.44. The van der Waals surface area contributed by atoms with Crippen LogP contribution in [0.5, 0.6) is 0 Å². The van der Waals surface area contributed by atoms with Crippen molar-refractivity contribution in [3.63, 3.8) is 0 Å². The molecule has 0 aliphatic heterocycles. The quantitative estimate of drug-likeness (QED) is 0.540. The minimum absolute atomic E-state index is 0.0156. The van der Waals surface area contributed by atoms with Crippen molar-refractivity contribution in [2.45, 2.75) is 91.0 Å². The van der Waals surface area contributed by atoms with Crippen molar-refractivity contribution in [2.75, 3.05) is 20.6 Å². The molecule has 1 aliphatic carbocycles. The van der Waals surface area contributed by atoms with Crippen LogP contribution < -0.4 is 5.32 Å². The number of carboxylic acids is 1. The van der Waals surface area contributed by atoms with Crippen LogP contribution in [0.25, 0.3) is 0 Å². The van der Waals surface area contributed by atoms with E-state index in [1.165, 1.54) is 32.1 Å². The number of hydrogen-bond donors (Lipinski definition) is 2. The first kappa shape index (κ1) is 25.3. The first-order valence-electron chi connectivity index (χ1n) is 11.5. The maximum absolute atomic E-state index is 11.5. The third-order valence-electron chi connectivity index (χ3n) is 6.97. The summed E-state index contributed by atoms with van der Waals surface area (Å²) >= 11 is 0. The number of amides is 1. The SMILES string of the molecule is CNC(=O)CN(C)Cc1noc([C@H](CCCC2(C(C)(C)C)CCCCC2)CC(=O)O)n1. The maximum Gasteiger partial charge on any atom is 0.304 e. The lowest BCUT2D eigenvalue weighted by Gasteiger charge is -2.48. The molecule has 1 aliphatic rings. The fourth-order valence-corrected chi connectivity index (χ4v) is 4.93. The second-order valence-electron chi connectivity index (χ2n) is 10.2. The number of likely N-dealkylation sites (N-methyl/N-ethyl adjacent to an activating group) is 2. The average molecular weight is 437 g/mol. The van der Waals surface area contributed by atoms with Gasteiger partial charge in [-0.15, -0.1) is 0 Å². The minimum atomic E-state index is -0.857. The smallest absolute Gasteiger partial charge is 0.304 e. The zero-order chi connectivity index (χ0) is 23.1. The Labute approximate surface area is 186 Å². The van der Waals surface area contributed by atoms with Gasteiger partial charge < -0.3 is 14.9 Å². The second kappa shape index (κ2) is 11.1. The zero-order valence-corrected chi connectivity index (χ0v) is 19.9. The van der Waals surface area contributed by atoms with E-state index in [1.807, 2.05) is 0 Å². The summed E-state index contributed by atoms with van der Waals surface area (Å²) in [5.41, 5.74) is 0.560. The second-order valence-corrected chi connectivity index (χ2v) is 10.2. The van der Waals surface area contributed by atoms with Crippen LogP contribution in [0.1, 0.15) is 96.2 Å². The van der Waals surface area contributed by atoms with Crippen LogP contribution in [0.2, 0.25) is 0 Å². The highest BCUT2D eigenvalue weighted by Gasteiger charge is 2.42. The van der Waals surface area contributed by atoms with Gasteiger partial charge in [0.25, 0.3) is 0 Å². The summed E-state index contributed by atoms with van der Waals surface area (Å²) in [6.07, 6.45) is 9.15. The minimum Gasteiger partial charge on any atom is -0.481 e. The lowest BCUT2D eigenvalue weighted by Crippen LogP contribution is -2.37. The van der Waals surface area contributed by atoms with E-state index in [4.69, 9.17) is 4.52 Å². The maximum atomic E-state index is 11.5. The molecule has 0 aromatic carbocycles. The van der Waals surface area contributed by atoms with Crippen LogP contribution in [-0.2, 0) is 16.1 Å². The molecule has 31 heavy (non-hydrogen) atoms. The number of hydrogen-bond acceptors (Lipinski definition) is 6. The van der Waals surface area contributed by atoms with Gasteiger partial charge in [-0.3, -0.25) is 14.5 Å². The Morgan fingerprint density at radius 1 is 1.26 bits per heavy atom. The Morgan fingerprint density at radius 2 is 1.94 bits per heavy atom. The van der Waals surface area contributed by atoms with E-state index in [9.17, 15) is 14.7 Å². The molecule has 1 atom stereocenters. The summed E-state index contributed by atoms with van der Waals surface area (Å²) in [5.74, 6) is -0.381. The van der Waals surface area contributed by atoms with E-state index >= 15 is 0 Å². The van der Waals surface area contributed by atoms with E-state index in [-0.39, 0.29) is 30.2 Å². The highest BCUT2D eigenvalue weighted by atomic mass is 16.5. The molecule has 1 fully saturated rings. The number of carbonyl (C=O) groups excluding carboxylic acids is 1. The molecule has 2 N–H and O–H groups in total. The lowest BCUT2D eigenvalue weighted by molar-refractivity contribution is -0.137. The number of carboxylic acid groups (broad SMARTS) is 1. The molecule has 1 saturated carbocycles. The van der Waals surface area contributed by atoms with E-state index in [0.717, 1.165) is 19.3 Å². The third kappa shape index (κ3) is 7.30. The lowest BCUT2D eigenvalue weighted by atomic mass is 9.57. The van der Waals surface area contributed by atoms with Gasteiger partial charge in [0.2, 0.25) is 11.8 Å². The fraction of sp³-hybridized carbons (Fsp3) is 0.826. The van der Waals surface area contributed by atoms with Gasteiger partial charge in [-0.2, -0.15) is 4.98 Å². The summed E-state index contributed by atoms with van der Waals surface area (Å²) in [7, 11) is 3.40. The van der Waals surface area contributed by atoms with Gasteiger partial charge in [-0.1, -0.05) is 51.6 Å². The van der Waals surface area contributed by atoms with Crippen LogP contribution in [0.15, 0.2) is 4.52 Å². The Hall–Kier alpha value is -1.96. The average Bonchev–Trinajstić information content (AvgIpc) is 3.14. The predicted molar refractivity (Wildman–Crippen MR) is 119 cm³/mol. The van der Waals surface area contributed by atoms with Crippen molar-refractivity contribution >= 4 is 11.9 Å². The van der Waals surface area contributed by atoms with Crippen LogP contribution in [0.4, 0.5) is 0 Å². The molecule has 0 radical (unpaired) electrons. The van der Waals surface area contributed by atoms with Crippen molar-refractivity contribution in [3.8, 4) is 0 Å². The molecule has 176 valence electrons. The van der Waals surface area contributed by atoms with Crippen molar-refractivity contribution in [1.29, 1.82) is 0 Å². The van der Waals surface area contributed by atoms with Crippen LogP contribution >= 0.6 is 0 Å². The topological polar surface area (TPSA) is 109 Å². The molecule has 8 heteroatoms. The van der Waals surface area contributed by atoms with Gasteiger partial charge in [-0.25, -0.2) is 0 Å². The molecule has 1 heterocycles. The third-order valence-corrected chi connectivity index (χ3v) is 6.97. The van der Waals surface area contributed by atoms with Gasteiger partial charge >= 0.3 is 5.97 Å². The summed E-state index contributed by atoms with van der Waals surface area (Å²) in [6, 6.07) is 0. The molecule has 0 spiro atoms. The van der Waals surface area contributed by atoms with Crippen LogP contribution in [0.3, 0.4) is 0 Å². The van der Waals surface area contributed by atoms with Crippen molar-refractivity contribution in [3.05, 3.63) is 11.7 Å². The molecule has 0 bridgehead atoms. The van der Waals surface area contributed by atoms with Gasteiger partial charge in [-0.05, 0) is 43.6 Å². The van der Waals surface area contributed by atoms with Gasteiger partial charge in [0.1, 0.15) is 0 Å². The Kier molecular flexibility index (Phi) is 9.03. The first-order valence-corrected chi connectivity index (χ1v) is 11.5. The van der Waals surface area contributed by atoms with Crippen molar-refractivity contribution in [2.24, 2.45) is 10.8 Å². The summed E-state index contributed by atoms with van der Waals surface area (Å²) in [4.78, 5) is 29.2. The highest BCUT2D eigenvalue weighted by molar-refractivity contribution is 5.77. The molecule has 8 nitrogen and oxygen atoms in total. The Bertz CT molecular complexity index is 719. The molecule has 0 unspecified atom stereocenters. The van der Waals surface area contributed by atoms with Crippen LogP contribution in [-0.4, -0.2) is 52.7 Å². The number of nitrogens with one attached hydrogen (secondary N) is 1. The molecule has 1 aromatic heterocycles. The zero-order valence-electron chi connectivity index (χ0n) is 19.9. The Morgan fingerprint density at radius 3 is 2.52 bits per heavy atom. The highest BCUT2D eigenvalue weighted by Crippen LogP contribution is 2.53. The fourth-order valence-electron chi connectivity index (χ4n) is 4.93. The van der Waals surface area contributed by atoms with Crippen molar-refractivity contribution in [1.82, 2.24) is 20.4 Å². The molecule has 0 saturated heterocycles. The monoisotopic (exact) mass is 436 g/mol. The number of aliphatic carboxylic acids is 1. The van der Waals surface area contributed by atoms with Crippen molar-refractivity contribution < 1.29 is 19.2 Å². The number of rotatable bonds is 11. The first-order chi connectivity index (χ1) is 14.6. The molecule has 2 rings (SSSR count). The van der Waals surface area contributed by atoms with E-state index in [2.05, 4.69) is 36.2 Å². The van der Waals surface area contributed by atoms with Gasteiger partial charge in [0.05, 0.1) is 19.5 Å². The molecule has 1 amide bonds. The van der Waals surface area contributed by atoms with Gasteiger partial charge in [0, 0.05) is 13.0 Å². The summed E-state index contributed by atoms with van der Waals surface area (Å²) in [6.45, 7) is 7.61. The summed E-state index contributed by atoms with van der Waals surface area (Å²) in [5, 5.41) is 16.0. The number of carbonyl (C=O) groups is 2. The standard InChI is InChI=1S/C23H40N4O4/c1-22(2,3)23(11-7-6-8-12-23)13-9-10-17(14-20(29)30)21-25-18(26-31-21)15-27(5)16-19(28)24-4/h17H,6-16H2,1-5H3,(H,24,28)(H,29,30)/t17-/m1/s1. The number of aromatic nitrogens is 2.